The molecule has 21 heavy (non-hydrogen) atoms. The Morgan fingerprint density at radius 1 is 0.762 bits per heavy atom. The predicted molar refractivity (Wildman–Crippen MR) is 87.0 cm³/mol. The lowest BCUT2D eigenvalue weighted by molar-refractivity contribution is 0.925. The summed E-state index contributed by atoms with van der Waals surface area (Å²) in [7, 11) is 0. The van der Waals surface area contributed by atoms with Crippen molar-refractivity contribution in [1.29, 1.82) is 0 Å². The first-order valence-corrected chi connectivity index (χ1v) is 7.19. The van der Waals surface area contributed by atoms with Crippen molar-refractivity contribution >= 4 is 0 Å². The summed E-state index contributed by atoms with van der Waals surface area (Å²) in [4.78, 5) is 0. The molecule has 2 N–H and O–H groups in total. The zero-order valence-corrected chi connectivity index (χ0v) is 11.9. The Balaban J connectivity index is 2.17. The van der Waals surface area contributed by atoms with Gasteiger partial charge in [0.05, 0.1) is 0 Å². The highest BCUT2D eigenvalue weighted by molar-refractivity contribution is 5.45. The van der Waals surface area contributed by atoms with Gasteiger partial charge in [0, 0.05) is 12.5 Å². The van der Waals surface area contributed by atoms with Crippen molar-refractivity contribution in [2.45, 2.75) is 12.5 Å². The topological polar surface area (TPSA) is 26.0 Å². The number of hydrogen-bond acceptors (Lipinski definition) is 1. The summed E-state index contributed by atoms with van der Waals surface area (Å²) in [6.45, 7) is 0.506. The maximum atomic E-state index is 5.91. The number of benzene rings is 3. The molecule has 1 radical (unpaired) electrons. The van der Waals surface area contributed by atoms with E-state index in [-0.39, 0.29) is 5.92 Å². The minimum Gasteiger partial charge on any atom is -0.326 e. The third-order valence-corrected chi connectivity index (χ3v) is 3.76. The van der Waals surface area contributed by atoms with E-state index in [1.165, 1.54) is 16.7 Å². The molecule has 0 saturated heterocycles. The van der Waals surface area contributed by atoms with Crippen LogP contribution in [-0.2, 0) is 6.54 Å². The highest BCUT2D eigenvalue weighted by Crippen LogP contribution is 2.33. The normalized spacial score (nSPS) is 10.8. The third kappa shape index (κ3) is 2.88. The fourth-order valence-corrected chi connectivity index (χ4v) is 2.77. The van der Waals surface area contributed by atoms with Crippen LogP contribution in [0, 0.1) is 6.07 Å². The van der Waals surface area contributed by atoms with E-state index in [2.05, 4.69) is 60.7 Å². The molecule has 0 amide bonds. The van der Waals surface area contributed by atoms with Gasteiger partial charge in [-0.3, -0.25) is 0 Å². The van der Waals surface area contributed by atoms with Gasteiger partial charge >= 0.3 is 0 Å². The zero-order valence-electron chi connectivity index (χ0n) is 11.9. The van der Waals surface area contributed by atoms with Crippen molar-refractivity contribution in [2.75, 3.05) is 0 Å². The van der Waals surface area contributed by atoms with Crippen LogP contribution in [0.1, 0.15) is 28.2 Å². The molecule has 3 rings (SSSR count). The van der Waals surface area contributed by atoms with Crippen molar-refractivity contribution in [1.82, 2.24) is 0 Å². The van der Waals surface area contributed by atoms with Crippen molar-refractivity contribution in [3.8, 4) is 0 Å². The molecule has 0 heterocycles. The second-order valence-corrected chi connectivity index (χ2v) is 5.06. The minimum absolute atomic E-state index is 0.198. The van der Waals surface area contributed by atoms with E-state index in [0.29, 0.717) is 6.54 Å². The summed E-state index contributed by atoms with van der Waals surface area (Å²) in [5, 5.41) is 0. The highest BCUT2D eigenvalue weighted by Gasteiger charge is 2.18. The SMILES string of the molecule is NCc1[c]cccc1C(c1ccccc1)c1ccccc1. The summed E-state index contributed by atoms with van der Waals surface area (Å²) in [5.74, 6) is 0.198. The van der Waals surface area contributed by atoms with Crippen LogP contribution in [0.25, 0.3) is 0 Å². The molecule has 0 aliphatic heterocycles. The van der Waals surface area contributed by atoms with Gasteiger partial charge in [0.1, 0.15) is 0 Å². The van der Waals surface area contributed by atoms with Crippen molar-refractivity contribution in [3.05, 3.63) is 107 Å². The molecular weight excluding hydrogens is 254 g/mol. The molecular formula is C20H18N. The van der Waals surface area contributed by atoms with Gasteiger partial charge in [-0.05, 0) is 28.3 Å². The van der Waals surface area contributed by atoms with E-state index in [0.717, 1.165) is 5.56 Å². The quantitative estimate of drug-likeness (QED) is 0.710. The van der Waals surface area contributed by atoms with Crippen molar-refractivity contribution in [3.63, 3.8) is 0 Å². The molecule has 3 aromatic carbocycles. The Labute approximate surface area is 126 Å². The van der Waals surface area contributed by atoms with Crippen LogP contribution in [0.3, 0.4) is 0 Å². The van der Waals surface area contributed by atoms with Gasteiger partial charge in [-0.2, -0.15) is 0 Å². The Hall–Kier alpha value is -2.38. The highest BCUT2D eigenvalue weighted by atomic mass is 14.5. The number of hydrogen-bond donors (Lipinski definition) is 1. The van der Waals surface area contributed by atoms with Gasteiger partial charge in [-0.25, -0.2) is 0 Å². The fraction of sp³-hybridized carbons (Fsp3) is 0.100. The summed E-state index contributed by atoms with van der Waals surface area (Å²) in [5.41, 5.74) is 10.8. The van der Waals surface area contributed by atoms with E-state index in [1.807, 2.05) is 24.3 Å². The molecule has 103 valence electrons. The van der Waals surface area contributed by atoms with Crippen LogP contribution in [0.5, 0.6) is 0 Å². The lowest BCUT2D eigenvalue weighted by atomic mass is 9.83. The van der Waals surface area contributed by atoms with E-state index in [1.54, 1.807) is 0 Å². The number of rotatable bonds is 4. The van der Waals surface area contributed by atoms with Crippen LogP contribution in [0.2, 0.25) is 0 Å². The summed E-state index contributed by atoms with van der Waals surface area (Å²) < 4.78 is 0. The lowest BCUT2D eigenvalue weighted by Crippen LogP contribution is -2.09. The van der Waals surface area contributed by atoms with Gasteiger partial charge in [-0.1, -0.05) is 78.9 Å². The molecule has 1 heteroatoms. The average Bonchev–Trinajstić information content (AvgIpc) is 2.58. The molecule has 0 aromatic heterocycles. The van der Waals surface area contributed by atoms with Crippen LogP contribution < -0.4 is 5.73 Å². The molecule has 3 aromatic rings. The zero-order chi connectivity index (χ0) is 14.5. The molecule has 0 atom stereocenters. The van der Waals surface area contributed by atoms with E-state index >= 15 is 0 Å². The summed E-state index contributed by atoms with van der Waals surface area (Å²) >= 11 is 0. The van der Waals surface area contributed by atoms with Gasteiger partial charge in [0.15, 0.2) is 0 Å². The monoisotopic (exact) mass is 272 g/mol. The maximum Gasteiger partial charge on any atom is 0.0343 e. The standard InChI is InChI=1S/C20H18N/c21-15-18-13-7-8-14-19(18)20(16-9-3-1-4-10-16)17-11-5-2-6-12-17/h1-12,14,20H,15,21H2. The van der Waals surface area contributed by atoms with E-state index in [9.17, 15) is 0 Å². The molecule has 0 saturated carbocycles. The van der Waals surface area contributed by atoms with Crippen LogP contribution in [0.15, 0.2) is 78.9 Å². The van der Waals surface area contributed by atoms with Gasteiger partial charge in [0.25, 0.3) is 0 Å². The Kier molecular flexibility index (Phi) is 4.13. The fourth-order valence-electron chi connectivity index (χ4n) is 2.77. The minimum atomic E-state index is 0.198. The van der Waals surface area contributed by atoms with Gasteiger partial charge < -0.3 is 5.73 Å². The Morgan fingerprint density at radius 3 is 1.86 bits per heavy atom. The largest absolute Gasteiger partial charge is 0.326 e. The maximum absolute atomic E-state index is 5.91. The second kappa shape index (κ2) is 6.38. The average molecular weight is 272 g/mol. The molecule has 0 fully saturated rings. The molecule has 1 nitrogen and oxygen atoms in total. The molecule has 0 aliphatic rings. The van der Waals surface area contributed by atoms with E-state index < -0.39 is 0 Å². The Bertz CT molecular complexity index is 650. The van der Waals surface area contributed by atoms with Gasteiger partial charge in [-0.15, -0.1) is 0 Å². The first-order chi connectivity index (χ1) is 10.4. The van der Waals surface area contributed by atoms with Crippen molar-refractivity contribution in [2.24, 2.45) is 5.73 Å². The smallest absolute Gasteiger partial charge is 0.0343 e. The molecule has 0 spiro atoms. The molecule has 0 bridgehead atoms. The number of nitrogens with two attached hydrogens (primary N) is 1. The second-order valence-electron chi connectivity index (χ2n) is 5.06. The first-order valence-electron chi connectivity index (χ1n) is 7.19. The van der Waals surface area contributed by atoms with Crippen LogP contribution >= 0.6 is 0 Å². The van der Waals surface area contributed by atoms with Crippen LogP contribution in [-0.4, -0.2) is 0 Å². The summed E-state index contributed by atoms with van der Waals surface area (Å²) in [6, 6.07) is 30.5. The Morgan fingerprint density at radius 2 is 1.33 bits per heavy atom. The van der Waals surface area contributed by atoms with Crippen molar-refractivity contribution < 1.29 is 0 Å². The molecule has 0 unspecified atom stereocenters. The molecule has 0 aliphatic carbocycles. The van der Waals surface area contributed by atoms with Gasteiger partial charge in [0.2, 0.25) is 0 Å². The third-order valence-electron chi connectivity index (χ3n) is 3.76. The summed E-state index contributed by atoms with van der Waals surface area (Å²) in [6.07, 6.45) is 0. The van der Waals surface area contributed by atoms with Crippen LogP contribution in [0.4, 0.5) is 0 Å². The van der Waals surface area contributed by atoms with E-state index in [4.69, 9.17) is 5.73 Å². The first kappa shape index (κ1) is 13.6. The lowest BCUT2D eigenvalue weighted by Gasteiger charge is -2.21. The predicted octanol–water partition coefficient (Wildman–Crippen LogP) is 4.13.